The lowest BCUT2D eigenvalue weighted by atomic mass is 9.81. The Labute approximate surface area is 76.4 Å². The largest absolute Gasteiger partial charge is 0.304 e. The van der Waals surface area contributed by atoms with E-state index in [0.29, 0.717) is 5.92 Å². The highest BCUT2D eigenvalue weighted by Crippen LogP contribution is 2.24. The van der Waals surface area contributed by atoms with Crippen LogP contribution in [0.15, 0.2) is 11.6 Å². The molecule has 0 amide bonds. The molecule has 0 aromatic heterocycles. The summed E-state index contributed by atoms with van der Waals surface area (Å²) in [6.45, 7) is 12.5. The maximum atomic E-state index is 7.96. The van der Waals surface area contributed by atoms with Gasteiger partial charge in [0, 0.05) is 11.1 Å². The van der Waals surface area contributed by atoms with Gasteiger partial charge in [-0.1, -0.05) is 40.7 Å². The van der Waals surface area contributed by atoms with Crippen molar-refractivity contribution in [2.24, 2.45) is 11.3 Å². The van der Waals surface area contributed by atoms with Gasteiger partial charge in [0.05, 0.1) is 0 Å². The van der Waals surface area contributed by atoms with E-state index in [9.17, 15) is 0 Å². The van der Waals surface area contributed by atoms with Crippen molar-refractivity contribution in [3.63, 3.8) is 0 Å². The molecular weight excluding hydrogens is 146 g/mol. The lowest BCUT2D eigenvalue weighted by molar-refractivity contribution is 0.578. The molecule has 12 heavy (non-hydrogen) atoms. The summed E-state index contributed by atoms with van der Waals surface area (Å²) in [5.74, 6) is 0.460. The van der Waals surface area contributed by atoms with Gasteiger partial charge < -0.3 is 5.41 Å². The molecule has 0 aromatic rings. The van der Waals surface area contributed by atoms with Gasteiger partial charge in [0.2, 0.25) is 0 Å². The summed E-state index contributed by atoms with van der Waals surface area (Å²) < 4.78 is 0. The lowest BCUT2D eigenvalue weighted by Gasteiger charge is -2.24. The lowest BCUT2D eigenvalue weighted by Crippen LogP contribution is -2.23. The van der Waals surface area contributed by atoms with Crippen LogP contribution in [-0.4, -0.2) is 5.71 Å². The van der Waals surface area contributed by atoms with E-state index in [-0.39, 0.29) is 5.41 Å². The minimum absolute atomic E-state index is 0.0217. The summed E-state index contributed by atoms with van der Waals surface area (Å²) in [5, 5.41) is 7.96. The minimum atomic E-state index is -0.0217. The van der Waals surface area contributed by atoms with Crippen molar-refractivity contribution in [3.05, 3.63) is 11.6 Å². The van der Waals surface area contributed by atoms with E-state index < -0.39 is 0 Å². The van der Waals surface area contributed by atoms with E-state index >= 15 is 0 Å². The molecule has 1 heteroatoms. The summed E-state index contributed by atoms with van der Waals surface area (Å²) >= 11 is 0. The van der Waals surface area contributed by atoms with Crippen LogP contribution >= 0.6 is 0 Å². The number of allylic oxidation sites excluding steroid dienone is 2. The fourth-order valence-corrected chi connectivity index (χ4v) is 1.20. The van der Waals surface area contributed by atoms with Crippen LogP contribution in [0.25, 0.3) is 0 Å². The molecule has 1 nitrogen and oxygen atoms in total. The zero-order chi connectivity index (χ0) is 9.94. The fraction of sp³-hybridized carbons (Fsp3) is 0.727. The summed E-state index contributed by atoms with van der Waals surface area (Å²) in [5.41, 5.74) is 1.91. The van der Waals surface area contributed by atoms with E-state index in [2.05, 4.69) is 40.7 Å². The van der Waals surface area contributed by atoms with Crippen LogP contribution in [0.2, 0.25) is 0 Å². The second-order valence-corrected chi connectivity index (χ2v) is 4.52. The van der Waals surface area contributed by atoms with Crippen molar-refractivity contribution >= 4 is 5.71 Å². The first-order valence-electron chi connectivity index (χ1n) is 4.56. The van der Waals surface area contributed by atoms with E-state index in [1.165, 1.54) is 5.57 Å². The van der Waals surface area contributed by atoms with Gasteiger partial charge in [-0.25, -0.2) is 0 Å². The van der Waals surface area contributed by atoms with Crippen molar-refractivity contribution < 1.29 is 0 Å². The molecule has 0 aliphatic heterocycles. The molecule has 0 heterocycles. The molecule has 0 bridgehead atoms. The molecule has 0 aliphatic rings. The van der Waals surface area contributed by atoms with E-state index in [0.717, 1.165) is 5.71 Å². The highest BCUT2D eigenvalue weighted by Gasteiger charge is 2.21. The standard InChI is InChI=1S/C11H21N/c1-7-9(8(2)3)10(12)11(4,5)6/h7-8,12H,1-6H3/b9-7-,12-10?. The van der Waals surface area contributed by atoms with Crippen molar-refractivity contribution in [1.82, 2.24) is 0 Å². The molecular formula is C11H21N. The third kappa shape index (κ3) is 2.80. The molecule has 0 fully saturated rings. The van der Waals surface area contributed by atoms with E-state index in [4.69, 9.17) is 5.41 Å². The fourth-order valence-electron chi connectivity index (χ4n) is 1.20. The molecule has 0 saturated carbocycles. The quantitative estimate of drug-likeness (QED) is 0.607. The van der Waals surface area contributed by atoms with Crippen LogP contribution in [0.5, 0.6) is 0 Å². The molecule has 70 valence electrons. The van der Waals surface area contributed by atoms with Gasteiger partial charge >= 0.3 is 0 Å². The van der Waals surface area contributed by atoms with Crippen LogP contribution in [0.1, 0.15) is 41.5 Å². The van der Waals surface area contributed by atoms with Crippen molar-refractivity contribution in [2.75, 3.05) is 0 Å². The first-order chi connectivity index (χ1) is 5.30. The predicted octanol–water partition coefficient (Wildman–Crippen LogP) is 3.65. The van der Waals surface area contributed by atoms with Crippen molar-refractivity contribution in [2.45, 2.75) is 41.5 Å². The maximum absolute atomic E-state index is 7.96. The highest BCUT2D eigenvalue weighted by molar-refractivity contribution is 6.01. The van der Waals surface area contributed by atoms with Crippen LogP contribution < -0.4 is 0 Å². The van der Waals surface area contributed by atoms with Crippen molar-refractivity contribution in [3.8, 4) is 0 Å². The molecule has 0 aromatic carbocycles. The number of rotatable bonds is 2. The molecule has 1 N–H and O–H groups in total. The molecule has 0 radical (unpaired) electrons. The Morgan fingerprint density at radius 1 is 1.25 bits per heavy atom. The average molecular weight is 167 g/mol. The van der Waals surface area contributed by atoms with Gasteiger partial charge in [0.15, 0.2) is 0 Å². The average Bonchev–Trinajstić information content (AvgIpc) is 1.86. The normalized spacial score (nSPS) is 13.8. The minimum Gasteiger partial charge on any atom is -0.304 e. The summed E-state index contributed by atoms with van der Waals surface area (Å²) in [7, 11) is 0. The smallest absolute Gasteiger partial charge is 0.0398 e. The monoisotopic (exact) mass is 167 g/mol. The second-order valence-electron chi connectivity index (χ2n) is 4.52. The second kappa shape index (κ2) is 3.88. The Hall–Kier alpha value is -0.590. The summed E-state index contributed by atoms with van der Waals surface area (Å²) in [6.07, 6.45) is 2.05. The molecule has 0 unspecified atom stereocenters. The van der Waals surface area contributed by atoms with Gasteiger partial charge in [-0.05, 0) is 18.4 Å². The topological polar surface area (TPSA) is 23.9 Å². The van der Waals surface area contributed by atoms with Crippen LogP contribution in [-0.2, 0) is 0 Å². The zero-order valence-electron chi connectivity index (χ0n) is 9.15. The Kier molecular flexibility index (Phi) is 3.69. The van der Waals surface area contributed by atoms with Crippen LogP contribution in [0, 0.1) is 16.7 Å². The van der Waals surface area contributed by atoms with E-state index in [1.807, 2.05) is 6.92 Å². The Bertz CT molecular complexity index is 192. The summed E-state index contributed by atoms with van der Waals surface area (Å²) in [6, 6.07) is 0. The van der Waals surface area contributed by atoms with Crippen LogP contribution in [0.3, 0.4) is 0 Å². The molecule has 0 rings (SSSR count). The number of hydrogen-bond donors (Lipinski definition) is 1. The van der Waals surface area contributed by atoms with Gasteiger partial charge in [0.1, 0.15) is 0 Å². The Balaban J connectivity index is 4.69. The molecule has 0 saturated heterocycles. The first-order valence-corrected chi connectivity index (χ1v) is 4.56. The summed E-state index contributed by atoms with van der Waals surface area (Å²) in [4.78, 5) is 0. The van der Waals surface area contributed by atoms with Gasteiger partial charge in [-0.15, -0.1) is 0 Å². The SMILES string of the molecule is C/C=C(\C(=N)C(C)(C)C)C(C)C. The molecule has 0 spiro atoms. The van der Waals surface area contributed by atoms with Gasteiger partial charge in [0.25, 0.3) is 0 Å². The first kappa shape index (κ1) is 11.4. The maximum Gasteiger partial charge on any atom is 0.0398 e. The molecule has 0 aliphatic carbocycles. The highest BCUT2D eigenvalue weighted by atomic mass is 14.5. The van der Waals surface area contributed by atoms with Crippen LogP contribution in [0.4, 0.5) is 0 Å². The number of hydrogen-bond acceptors (Lipinski definition) is 1. The Morgan fingerprint density at radius 2 is 1.67 bits per heavy atom. The van der Waals surface area contributed by atoms with Gasteiger partial charge in [-0.2, -0.15) is 0 Å². The third-order valence-corrected chi connectivity index (χ3v) is 1.97. The predicted molar refractivity (Wildman–Crippen MR) is 55.8 cm³/mol. The third-order valence-electron chi connectivity index (χ3n) is 1.97. The molecule has 0 atom stereocenters. The number of nitrogens with one attached hydrogen (secondary N) is 1. The van der Waals surface area contributed by atoms with E-state index in [1.54, 1.807) is 0 Å². The Morgan fingerprint density at radius 3 is 1.75 bits per heavy atom. The zero-order valence-corrected chi connectivity index (χ0v) is 9.15. The van der Waals surface area contributed by atoms with Gasteiger partial charge in [-0.3, -0.25) is 0 Å². The van der Waals surface area contributed by atoms with Crippen molar-refractivity contribution in [1.29, 1.82) is 5.41 Å².